The van der Waals surface area contributed by atoms with Crippen LogP contribution in [0.1, 0.15) is 16.3 Å². The molecule has 0 saturated carbocycles. The first-order valence-electron chi connectivity index (χ1n) is 6.47. The number of rotatable bonds is 4. The number of aryl methyl sites for hydroxylation is 2. The van der Waals surface area contributed by atoms with E-state index in [0.717, 1.165) is 16.3 Å². The Morgan fingerprint density at radius 2 is 2.14 bits per heavy atom. The van der Waals surface area contributed by atoms with Crippen LogP contribution in [0.3, 0.4) is 0 Å². The number of nitro groups is 1. The molecule has 1 aromatic carbocycles. The molecule has 0 aliphatic carbocycles. The minimum atomic E-state index is -0.379. The lowest BCUT2D eigenvalue weighted by atomic mass is 10.2. The number of nitrogens with one attached hydrogen (secondary N) is 1. The van der Waals surface area contributed by atoms with Crippen LogP contribution in [0.15, 0.2) is 30.5 Å². The Kier molecular flexibility index (Phi) is 3.34. The quantitative estimate of drug-likeness (QED) is 0.591. The van der Waals surface area contributed by atoms with Gasteiger partial charge in [0, 0.05) is 17.1 Å². The standard InChI is InChI=1S/C14H14N4O2S/c1-9-8-17-13(10(2)16-14(17)21-9)7-15-11-5-3-4-6-12(11)18(19)20/h3-6,8,15H,7H2,1-2H3. The zero-order valence-electron chi connectivity index (χ0n) is 11.7. The number of thiazole rings is 1. The molecule has 21 heavy (non-hydrogen) atoms. The molecule has 0 aliphatic heterocycles. The van der Waals surface area contributed by atoms with Crippen molar-refractivity contribution in [3.63, 3.8) is 0 Å². The summed E-state index contributed by atoms with van der Waals surface area (Å²) in [4.78, 5) is 17.3. The van der Waals surface area contributed by atoms with Crippen LogP contribution in [-0.4, -0.2) is 14.3 Å². The van der Waals surface area contributed by atoms with Gasteiger partial charge in [-0.1, -0.05) is 12.1 Å². The molecule has 0 aliphatic rings. The highest BCUT2D eigenvalue weighted by atomic mass is 32.1. The fraction of sp³-hybridized carbons (Fsp3) is 0.214. The third-order valence-electron chi connectivity index (χ3n) is 3.29. The van der Waals surface area contributed by atoms with E-state index in [0.29, 0.717) is 12.2 Å². The molecule has 3 aromatic rings. The van der Waals surface area contributed by atoms with Crippen molar-refractivity contribution in [1.29, 1.82) is 0 Å². The summed E-state index contributed by atoms with van der Waals surface area (Å²) in [5, 5.41) is 14.2. The molecule has 7 heteroatoms. The Labute approximate surface area is 125 Å². The van der Waals surface area contributed by atoms with Gasteiger partial charge in [0.15, 0.2) is 4.96 Å². The molecule has 2 aromatic heterocycles. The maximum absolute atomic E-state index is 11.0. The number of nitro benzene ring substituents is 1. The summed E-state index contributed by atoms with van der Waals surface area (Å²) in [6.07, 6.45) is 2.04. The smallest absolute Gasteiger partial charge is 0.292 e. The van der Waals surface area contributed by atoms with Crippen molar-refractivity contribution in [2.24, 2.45) is 0 Å². The van der Waals surface area contributed by atoms with Crippen LogP contribution in [0, 0.1) is 24.0 Å². The second kappa shape index (κ2) is 5.17. The third kappa shape index (κ3) is 2.47. The van der Waals surface area contributed by atoms with Gasteiger partial charge in [-0.25, -0.2) is 4.98 Å². The zero-order chi connectivity index (χ0) is 15.0. The van der Waals surface area contributed by atoms with Gasteiger partial charge in [0.05, 0.1) is 22.9 Å². The molecule has 1 N–H and O–H groups in total. The first kappa shape index (κ1) is 13.6. The van der Waals surface area contributed by atoms with Crippen LogP contribution in [0.25, 0.3) is 4.96 Å². The molecule has 2 heterocycles. The van der Waals surface area contributed by atoms with E-state index in [1.54, 1.807) is 29.5 Å². The summed E-state index contributed by atoms with van der Waals surface area (Å²) < 4.78 is 2.04. The summed E-state index contributed by atoms with van der Waals surface area (Å²) in [6, 6.07) is 6.65. The van der Waals surface area contributed by atoms with Gasteiger partial charge in [0.1, 0.15) is 5.69 Å². The summed E-state index contributed by atoms with van der Waals surface area (Å²) in [5.41, 5.74) is 2.56. The van der Waals surface area contributed by atoms with Crippen molar-refractivity contribution in [3.05, 3.63) is 56.8 Å². The van der Waals surface area contributed by atoms with E-state index in [9.17, 15) is 10.1 Å². The Bertz CT molecular complexity index is 822. The Morgan fingerprint density at radius 3 is 2.90 bits per heavy atom. The van der Waals surface area contributed by atoms with Crippen LogP contribution in [0.2, 0.25) is 0 Å². The largest absolute Gasteiger partial charge is 0.374 e. The average Bonchev–Trinajstić information content (AvgIpc) is 2.92. The lowest BCUT2D eigenvalue weighted by Crippen LogP contribution is -2.05. The van der Waals surface area contributed by atoms with Gasteiger partial charge in [-0.2, -0.15) is 0 Å². The monoisotopic (exact) mass is 302 g/mol. The Balaban J connectivity index is 1.90. The predicted octanol–water partition coefficient (Wildman–Crippen LogP) is 3.53. The molecule has 0 radical (unpaired) electrons. The van der Waals surface area contributed by atoms with Gasteiger partial charge in [0.25, 0.3) is 5.69 Å². The number of para-hydroxylation sites is 2. The van der Waals surface area contributed by atoms with Crippen molar-refractivity contribution in [3.8, 4) is 0 Å². The van der Waals surface area contributed by atoms with Crippen molar-refractivity contribution in [2.75, 3.05) is 5.32 Å². The highest BCUT2D eigenvalue weighted by Crippen LogP contribution is 2.25. The van der Waals surface area contributed by atoms with Crippen molar-refractivity contribution in [1.82, 2.24) is 9.38 Å². The fourth-order valence-corrected chi connectivity index (χ4v) is 3.17. The highest BCUT2D eigenvalue weighted by Gasteiger charge is 2.14. The van der Waals surface area contributed by atoms with Crippen LogP contribution in [0.5, 0.6) is 0 Å². The Morgan fingerprint density at radius 1 is 1.38 bits per heavy atom. The minimum Gasteiger partial charge on any atom is -0.374 e. The summed E-state index contributed by atoms with van der Waals surface area (Å²) in [5.74, 6) is 0. The number of aromatic nitrogens is 2. The van der Waals surface area contributed by atoms with Gasteiger partial charge in [-0.3, -0.25) is 14.5 Å². The molecule has 0 saturated heterocycles. The van der Waals surface area contributed by atoms with Crippen molar-refractivity contribution < 1.29 is 4.92 Å². The van der Waals surface area contributed by atoms with E-state index in [-0.39, 0.29) is 10.6 Å². The molecule has 6 nitrogen and oxygen atoms in total. The number of anilines is 1. The number of nitrogens with zero attached hydrogens (tertiary/aromatic N) is 3. The lowest BCUT2D eigenvalue weighted by molar-refractivity contribution is -0.384. The lowest BCUT2D eigenvalue weighted by Gasteiger charge is -2.07. The first-order chi connectivity index (χ1) is 10.1. The second-order valence-electron chi connectivity index (χ2n) is 4.77. The molecule has 0 atom stereocenters. The van der Waals surface area contributed by atoms with Gasteiger partial charge in [-0.05, 0) is 19.9 Å². The summed E-state index contributed by atoms with van der Waals surface area (Å²) in [7, 11) is 0. The SMILES string of the molecule is Cc1cn2c(CNc3ccccc3[N+](=O)[O-])c(C)nc2s1. The molecule has 3 rings (SSSR count). The van der Waals surface area contributed by atoms with Crippen LogP contribution >= 0.6 is 11.3 Å². The van der Waals surface area contributed by atoms with E-state index in [1.165, 1.54) is 10.9 Å². The number of hydrogen-bond donors (Lipinski definition) is 1. The van der Waals surface area contributed by atoms with E-state index in [2.05, 4.69) is 10.3 Å². The van der Waals surface area contributed by atoms with Crippen molar-refractivity contribution in [2.45, 2.75) is 20.4 Å². The minimum absolute atomic E-state index is 0.0809. The van der Waals surface area contributed by atoms with Crippen LogP contribution in [0.4, 0.5) is 11.4 Å². The molecule has 0 bridgehead atoms. The van der Waals surface area contributed by atoms with Gasteiger partial charge in [-0.15, -0.1) is 11.3 Å². The molecule has 0 fully saturated rings. The molecular weight excluding hydrogens is 288 g/mol. The van der Waals surface area contributed by atoms with Gasteiger partial charge in [0.2, 0.25) is 0 Å². The van der Waals surface area contributed by atoms with E-state index in [1.807, 2.05) is 24.4 Å². The molecule has 108 valence electrons. The maximum Gasteiger partial charge on any atom is 0.292 e. The second-order valence-corrected chi connectivity index (χ2v) is 5.98. The number of benzene rings is 1. The summed E-state index contributed by atoms with van der Waals surface area (Å²) >= 11 is 1.63. The first-order valence-corrected chi connectivity index (χ1v) is 7.29. The van der Waals surface area contributed by atoms with Gasteiger partial charge >= 0.3 is 0 Å². The number of fused-ring (bicyclic) bond motifs is 1. The molecule has 0 amide bonds. The topological polar surface area (TPSA) is 72.5 Å². The average molecular weight is 302 g/mol. The van der Waals surface area contributed by atoms with Crippen molar-refractivity contribution >= 4 is 27.7 Å². The van der Waals surface area contributed by atoms with E-state index < -0.39 is 0 Å². The normalized spacial score (nSPS) is 11.0. The maximum atomic E-state index is 11.0. The van der Waals surface area contributed by atoms with E-state index in [4.69, 9.17) is 0 Å². The van der Waals surface area contributed by atoms with Crippen LogP contribution in [-0.2, 0) is 6.54 Å². The molecule has 0 spiro atoms. The summed E-state index contributed by atoms with van der Waals surface area (Å²) in [6.45, 7) is 4.48. The number of imidazole rings is 1. The van der Waals surface area contributed by atoms with E-state index >= 15 is 0 Å². The number of hydrogen-bond acceptors (Lipinski definition) is 5. The zero-order valence-corrected chi connectivity index (χ0v) is 12.5. The fourth-order valence-electron chi connectivity index (χ4n) is 2.28. The Hall–Kier alpha value is -2.41. The van der Waals surface area contributed by atoms with Crippen LogP contribution < -0.4 is 5.32 Å². The predicted molar refractivity (Wildman–Crippen MR) is 83.0 cm³/mol. The third-order valence-corrected chi connectivity index (χ3v) is 4.19. The molecule has 0 unspecified atom stereocenters. The van der Waals surface area contributed by atoms with Gasteiger partial charge < -0.3 is 5.32 Å². The molecular formula is C14H14N4O2S. The highest BCUT2D eigenvalue weighted by molar-refractivity contribution is 7.17.